The molecular formula is C11H9N3O2. The van der Waals surface area contributed by atoms with E-state index in [1.165, 1.54) is 12.3 Å². The van der Waals surface area contributed by atoms with Gasteiger partial charge in [-0.05, 0) is 35.5 Å². The summed E-state index contributed by atoms with van der Waals surface area (Å²) in [6.07, 6.45) is 1.43. The first-order chi connectivity index (χ1) is 7.81. The Hall–Kier alpha value is -2.30. The zero-order valence-electron chi connectivity index (χ0n) is 8.62. The summed E-state index contributed by atoms with van der Waals surface area (Å²) in [6.45, 7) is 0. The third-order valence-electron chi connectivity index (χ3n) is 2.09. The molecule has 1 heterocycles. The van der Waals surface area contributed by atoms with E-state index in [2.05, 4.69) is 15.4 Å². The summed E-state index contributed by atoms with van der Waals surface area (Å²) < 4.78 is 5.01. The van der Waals surface area contributed by atoms with Crippen LogP contribution in [-0.2, 0) is 0 Å². The van der Waals surface area contributed by atoms with Gasteiger partial charge < -0.3 is 4.74 Å². The molecule has 0 saturated heterocycles. The molecule has 0 aliphatic carbocycles. The highest BCUT2D eigenvalue weighted by Gasteiger charge is 2.10. The molecule has 5 heteroatoms. The van der Waals surface area contributed by atoms with E-state index in [0.717, 1.165) is 0 Å². The van der Waals surface area contributed by atoms with Crippen LogP contribution in [0.1, 0.15) is 16.1 Å². The fourth-order valence-corrected chi connectivity index (χ4v) is 1.25. The molecule has 0 N–H and O–H groups in total. The molecule has 0 bridgehead atoms. The third kappa shape index (κ3) is 2.03. The van der Waals surface area contributed by atoms with E-state index in [4.69, 9.17) is 4.74 Å². The van der Waals surface area contributed by atoms with Gasteiger partial charge in [-0.1, -0.05) is 0 Å². The maximum absolute atomic E-state index is 11.9. The SMILES string of the molecule is COc1ccc(C(=O)c2ccnnn2)cc1. The number of methoxy groups -OCH3 is 1. The molecule has 0 radical (unpaired) electrons. The van der Waals surface area contributed by atoms with Crippen molar-refractivity contribution in [3.8, 4) is 5.75 Å². The fourth-order valence-electron chi connectivity index (χ4n) is 1.25. The number of ketones is 1. The number of aromatic nitrogens is 3. The second kappa shape index (κ2) is 4.48. The first-order valence-electron chi connectivity index (χ1n) is 4.64. The largest absolute Gasteiger partial charge is 0.497 e. The van der Waals surface area contributed by atoms with Gasteiger partial charge in [0.05, 0.1) is 13.3 Å². The Morgan fingerprint density at radius 3 is 2.50 bits per heavy atom. The van der Waals surface area contributed by atoms with Gasteiger partial charge in [-0.3, -0.25) is 4.79 Å². The quantitative estimate of drug-likeness (QED) is 0.717. The van der Waals surface area contributed by atoms with E-state index in [1.807, 2.05) is 0 Å². The Balaban J connectivity index is 2.28. The van der Waals surface area contributed by atoms with Crippen molar-refractivity contribution in [1.29, 1.82) is 0 Å². The summed E-state index contributed by atoms with van der Waals surface area (Å²) in [5, 5.41) is 10.6. The summed E-state index contributed by atoms with van der Waals surface area (Å²) in [5.74, 6) is 0.523. The van der Waals surface area contributed by atoms with Crippen LogP contribution < -0.4 is 4.74 Å². The number of carbonyl (C=O) groups is 1. The first-order valence-corrected chi connectivity index (χ1v) is 4.64. The van der Waals surface area contributed by atoms with E-state index >= 15 is 0 Å². The molecule has 0 aliphatic rings. The van der Waals surface area contributed by atoms with Gasteiger partial charge in [0.25, 0.3) is 0 Å². The van der Waals surface area contributed by atoms with Crippen LogP contribution in [0.5, 0.6) is 5.75 Å². The molecule has 2 aromatic rings. The minimum Gasteiger partial charge on any atom is -0.497 e. The highest BCUT2D eigenvalue weighted by Crippen LogP contribution is 2.13. The minimum absolute atomic E-state index is 0.183. The number of carbonyl (C=O) groups excluding carboxylic acids is 1. The van der Waals surface area contributed by atoms with Gasteiger partial charge in [-0.25, -0.2) is 0 Å². The van der Waals surface area contributed by atoms with E-state index in [9.17, 15) is 4.79 Å². The van der Waals surface area contributed by atoms with Crippen molar-refractivity contribution in [2.45, 2.75) is 0 Å². The molecule has 80 valence electrons. The van der Waals surface area contributed by atoms with E-state index in [1.54, 1.807) is 31.4 Å². The van der Waals surface area contributed by atoms with Crippen molar-refractivity contribution in [1.82, 2.24) is 15.4 Å². The van der Waals surface area contributed by atoms with Crippen LogP contribution in [0.4, 0.5) is 0 Å². The lowest BCUT2D eigenvalue weighted by Gasteiger charge is -2.01. The van der Waals surface area contributed by atoms with E-state index in [-0.39, 0.29) is 11.5 Å². The van der Waals surface area contributed by atoms with Crippen LogP contribution in [0.25, 0.3) is 0 Å². The lowest BCUT2D eigenvalue weighted by atomic mass is 10.1. The number of nitrogens with zero attached hydrogens (tertiary/aromatic N) is 3. The van der Waals surface area contributed by atoms with Crippen molar-refractivity contribution in [2.75, 3.05) is 7.11 Å². The van der Waals surface area contributed by atoms with Crippen molar-refractivity contribution < 1.29 is 9.53 Å². The second-order valence-electron chi connectivity index (χ2n) is 3.06. The Kier molecular flexibility index (Phi) is 2.86. The van der Waals surface area contributed by atoms with Gasteiger partial charge >= 0.3 is 0 Å². The number of rotatable bonds is 3. The van der Waals surface area contributed by atoms with Crippen LogP contribution in [0.2, 0.25) is 0 Å². The lowest BCUT2D eigenvalue weighted by molar-refractivity contribution is 0.103. The normalized spacial score (nSPS) is 9.81. The fraction of sp³-hybridized carbons (Fsp3) is 0.0909. The number of hydrogen-bond donors (Lipinski definition) is 0. The van der Waals surface area contributed by atoms with Crippen molar-refractivity contribution >= 4 is 5.78 Å². The van der Waals surface area contributed by atoms with Crippen molar-refractivity contribution in [3.63, 3.8) is 0 Å². The average molecular weight is 215 g/mol. The molecule has 0 saturated carbocycles. The number of benzene rings is 1. The molecule has 5 nitrogen and oxygen atoms in total. The molecule has 16 heavy (non-hydrogen) atoms. The first kappa shape index (κ1) is 10.2. The molecule has 0 spiro atoms. The Morgan fingerprint density at radius 1 is 1.19 bits per heavy atom. The Morgan fingerprint density at radius 2 is 1.94 bits per heavy atom. The topological polar surface area (TPSA) is 65.0 Å². The van der Waals surface area contributed by atoms with Crippen LogP contribution in [-0.4, -0.2) is 28.3 Å². The highest BCUT2D eigenvalue weighted by molar-refractivity contribution is 6.07. The predicted octanol–water partition coefficient (Wildman–Crippen LogP) is 1.11. The molecule has 0 atom stereocenters. The summed E-state index contributed by atoms with van der Waals surface area (Å²) in [7, 11) is 1.57. The summed E-state index contributed by atoms with van der Waals surface area (Å²) in [6, 6.07) is 8.34. The molecule has 1 aromatic carbocycles. The van der Waals surface area contributed by atoms with Gasteiger partial charge in [0.15, 0.2) is 0 Å². The van der Waals surface area contributed by atoms with E-state index < -0.39 is 0 Å². The molecule has 2 rings (SSSR count). The lowest BCUT2D eigenvalue weighted by Crippen LogP contribution is -2.05. The maximum atomic E-state index is 11.9. The zero-order chi connectivity index (χ0) is 11.4. The summed E-state index contributed by atoms with van der Waals surface area (Å²) >= 11 is 0. The summed E-state index contributed by atoms with van der Waals surface area (Å²) in [4.78, 5) is 11.9. The third-order valence-corrected chi connectivity index (χ3v) is 2.09. The monoisotopic (exact) mass is 215 g/mol. The average Bonchev–Trinajstić information content (AvgIpc) is 2.39. The van der Waals surface area contributed by atoms with Crippen LogP contribution in [0, 0.1) is 0 Å². The second-order valence-corrected chi connectivity index (χ2v) is 3.06. The summed E-state index contributed by atoms with van der Waals surface area (Å²) in [5.41, 5.74) is 0.821. The van der Waals surface area contributed by atoms with Gasteiger partial charge in [0.1, 0.15) is 11.4 Å². The maximum Gasteiger partial charge on any atom is 0.213 e. The van der Waals surface area contributed by atoms with Gasteiger partial charge in [-0.2, -0.15) is 0 Å². The molecule has 1 aromatic heterocycles. The Labute approximate surface area is 92.1 Å². The predicted molar refractivity (Wildman–Crippen MR) is 56.3 cm³/mol. The highest BCUT2D eigenvalue weighted by atomic mass is 16.5. The molecule has 0 unspecified atom stereocenters. The van der Waals surface area contributed by atoms with Gasteiger partial charge in [0.2, 0.25) is 5.78 Å². The van der Waals surface area contributed by atoms with Crippen LogP contribution in [0.15, 0.2) is 36.5 Å². The Bertz CT molecular complexity index is 482. The zero-order valence-corrected chi connectivity index (χ0v) is 8.62. The number of hydrogen-bond acceptors (Lipinski definition) is 5. The molecule has 0 amide bonds. The van der Waals surface area contributed by atoms with Crippen LogP contribution in [0.3, 0.4) is 0 Å². The van der Waals surface area contributed by atoms with Gasteiger partial charge in [-0.15, -0.1) is 10.2 Å². The number of ether oxygens (including phenoxy) is 1. The van der Waals surface area contributed by atoms with Crippen molar-refractivity contribution in [3.05, 3.63) is 47.8 Å². The van der Waals surface area contributed by atoms with E-state index in [0.29, 0.717) is 11.3 Å². The molecule has 0 fully saturated rings. The molecule has 0 aliphatic heterocycles. The van der Waals surface area contributed by atoms with Crippen molar-refractivity contribution in [2.24, 2.45) is 0 Å². The van der Waals surface area contributed by atoms with Gasteiger partial charge in [0, 0.05) is 5.56 Å². The minimum atomic E-state index is -0.183. The smallest absolute Gasteiger partial charge is 0.213 e. The molecular weight excluding hydrogens is 206 g/mol. The van der Waals surface area contributed by atoms with Crippen LogP contribution >= 0.6 is 0 Å². The standard InChI is InChI=1S/C11H9N3O2/c1-16-9-4-2-8(3-5-9)11(15)10-6-7-12-14-13-10/h2-7H,1H3.